The van der Waals surface area contributed by atoms with Gasteiger partial charge in [-0.15, -0.1) is 0 Å². The van der Waals surface area contributed by atoms with Gasteiger partial charge >= 0.3 is 0 Å². The van der Waals surface area contributed by atoms with E-state index >= 15 is 0 Å². The Kier molecular flexibility index (Phi) is 4.10. The molecule has 0 spiro atoms. The topological polar surface area (TPSA) is 89.8 Å². The molecule has 0 saturated heterocycles. The van der Waals surface area contributed by atoms with Crippen LogP contribution in [0.1, 0.15) is 15.9 Å². The van der Waals surface area contributed by atoms with Crippen LogP contribution < -0.4 is 5.32 Å². The Balaban J connectivity index is 1.90. The first kappa shape index (κ1) is 13.7. The van der Waals surface area contributed by atoms with E-state index in [-0.39, 0.29) is 22.8 Å². The molecule has 0 heterocycles. The fraction of sp³-hybridized carbons (Fsp3) is 0.133. The predicted octanol–water partition coefficient (Wildman–Crippen LogP) is 1.78. The molecule has 0 unspecified atom stereocenters. The van der Waals surface area contributed by atoms with Crippen LogP contribution >= 0.6 is 0 Å². The standard InChI is InChI=1S/C15H15NO4/c17-11-3-1-10(2-4-11)7-8-16-15(20)13-6-5-12(18)9-14(13)19/h1-6,9,17-19H,7-8H2,(H,16,20). The highest BCUT2D eigenvalue weighted by molar-refractivity contribution is 5.96. The third-order valence-electron chi connectivity index (χ3n) is 2.86. The molecule has 0 aliphatic rings. The first-order chi connectivity index (χ1) is 9.56. The molecule has 2 aromatic carbocycles. The number of benzene rings is 2. The highest BCUT2D eigenvalue weighted by Crippen LogP contribution is 2.22. The maximum absolute atomic E-state index is 11.8. The maximum atomic E-state index is 11.8. The molecule has 1 amide bonds. The fourth-order valence-corrected chi connectivity index (χ4v) is 1.79. The molecular weight excluding hydrogens is 258 g/mol. The number of phenolic OH excluding ortho intramolecular Hbond substituents is 3. The average Bonchev–Trinajstić information content (AvgIpc) is 2.41. The molecular formula is C15H15NO4. The summed E-state index contributed by atoms with van der Waals surface area (Å²) < 4.78 is 0. The lowest BCUT2D eigenvalue weighted by atomic mass is 10.1. The van der Waals surface area contributed by atoms with E-state index in [2.05, 4.69) is 5.32 Å². The molecule has 0 aliphatic heterocycles. The number of amides is 1. The molecule has 20 heavy (non-hydrogen) atoms. The number of carbonyl (C=O) groups excluding carboxylic acids is 1. The monoisotopic (exact) mass is 273 g/mol. The van der Waals surface area contributed by atoms with Crippen LogP contribution in [0.25, 0.3) is 0 Å². The normalized spacial score (nSPS) is 10.2. The highest BCUT2D eigenvalue weighted by Gasteiger charge is 2.10. The van der Waals surface area contributed by atoms with Gasteiger partial charge in [-0.1, -0.05) is 12.1 Å². The summed E-state index contributed by atoms with van der Waals surface area (Å²) in [6, 6.07) is 10.6. The SMILES string of the molecule is O=C(NCCc1ccc(O)cc1)c1ccc(O)cc1O. The molecule has 0 radical (unpaired) electrons. The molecule has 5 heteroatoms. The van der Waals surface area contributed by atoms with E-state index in [1.165, 1.54) is 12.1 Å². The number of aromatic hydroxyl groups is 3. The van der Waals surface area contributed by atoms with Crippen LogP contribution in [0.3, 0.4) is 0 Å². The van der Waals surface area contributed by atoms with E-state index in [0.717, 1.165) is 11.6 Å². The second-order valence-electron chi connectivity index (χ2n) is 4.37. The minimum Gasteiger partial charge on any atom is -0.508 e. The van der Waals surface area contributed by atoms with Crippen molar-refractivity contribution >= 4 is 5.91 Å². The number of phenols is 3. The lowest BCUT2D eigenvalue weighted by Gasteiger charge is -2.07. The summed E-state index contributed by atoms with van der Waals surface area (Å²) in [5.41, 5.74) is 1.10. The van der Waals surface area contributed by atoms with Crippen molar-refractivity contribution in [2.24, 2.45) is 0 Å². The van der Waals surface area contributed by atoms with Gasteiger partial charge < -0.3 is 20.6 Å². The summed E-state index contributed by atoms with van der Waals surface area (Å²) in [7, 11) is 0. The van der Waals surface area contributed by atoms with Crippen LogP contribution in [0.15, 0.2) is 42.5 Å². The summed E-state index contributed by atoms with van der Waals surface area (Å²) in [6.45, 7) is 0.407. The lowest BCUT2D eigenvalue weighted by Crippen LogP contribution is -2.25. The van der Waals surface area contributed by atoms with E-state index in [1.54, 1.807) is 24.3 Å². The second-order valence-corrected chi connectivity index (χ2v) is 4.37. The predicted molar refractivity (Wildman–Crippen MR) is 73.9 cm³/mol. The zero-order chi connectivity index (χ0) is 14.5. The summed E-state index contributed by atoms with van der Waals surface area (Å²) >= 11 is 0. The summed E-state index contributed by atoms with van der Waals surface area (Å²) in [5.74, 6) is -0.552. The van der Waals surface area contributed by atoms with Crippen LogP contribution in [0.5, 0.6) is 17.2 Å². The zero-order valence-corrected chi connectivity index (χ0v) is 10.7. The van der Waals surface area contributed by atoms with Gasteiger partial charge in [-0.25, -0.2) is 0 Å². The Morgan fingerprint density at radius 3 is 2.25 bits per heavy atom. The van der Waals surface area contributed by atoms with Gasteiger partial charge in [0.15, 0.2) is 0 Å². The van der Waals surface area contributed by atoms with Crippen molar-refractivity contribution < 1.29 is 20.1 Å². The molecule has 0 fully saturated rings. The number of hydrogen-bond acceptors (Lipinski definition) is 4. The van der Waals surface area contributed by atoms with Crippen LogP contribution in [-0.4, -0.2) is 27.8 Å². The maximum Gasteiger partial charge on any atom is 0.255 e. The van der Waals surface area contributed by atoms with Crippen molar-refractivity contribution in [2.75, 3.05) is 6.54 Å². The van der Waals surface area contributed by atoms with Crippen LogP contribution in [0, 0.1) is 0 Å². The fourth-order valence-electron chi connectivity index (χ4n) is 1.79. The van der Waals surface area contributed by atoms with Gasteiger partial charge in [-0.3, -0.25) is 4.79 Å². The molecule has 4 N–H and O–H groups in total. The quantitative estimate of drug-likeness (QED) is 0.683. The van der Waals surface area contributed by atoms with Gasteiger partial charge in [0.25, 0.3) is 5.91 Å². The van der Waals surface area contributed by atoms with Crippen molar-refractivity contribution in [1.29, 1.82) is 0 Å². The third-order valence-corrected chi connectivity index (χ3v) is 2.86. The molecule has 2 aromatic rings. The van der Waals surface area contributed by atoms with Gasteiger partial charge in [0.2, 0.25) is 0 Å². The van der Waals surface area contributed by atoms with E-state index in [1.807, 2.05) is 0 Å². The Bertz CT molecular complexity index is 608. The molecule has 5 nitrogen and oxygen atoms in total. The highest BCUT2D eigenvalue weighted by atomic mass is 16.3. The summed E-state index contributed by atoms with van der Waals surface area (Å²) in [6.07, 6.45) is 0.616. The molecule has 0 atom stereocenters. The molecule has 2 rings (SSSR count). The van der Waals surface area contributed by atoms with E-state index in [0.29, 0.717) is 13.0 Å². The second kappa shape index (κ2) is 5.97. The van der Waals surface area contributed by atoms with Crippen LogP contribution in [0.2, 0.25) is 0 Å². The molecule has 0 saturated carbocycles. The number of rotatable bonds is 4. The number of hydrogen-bond donors (Lipinski definition) is 4. The van der Waals surface area contributed by atoms with E-state index < -0.39 is 5.91 Å². The van der Waals surface area contributed by atoms with E-state index in [9.17, 15) is 9.90 Å². The summed E-state index contributed by atoms with van der Waals surface area (Å²) in [4.78, 5) is 11.8. The van der Waals surface area contributed by atoms with Gasteiger partial charge in [-0.05, 0) is 36.2 Å². The number of nitrogens with one attached hydrogen (secondary N) is 1. The van der Waals surface area contributed by atoms with Gasteiger partial charge in [0.1, 0.15) is 17.2 Å². The molecule has 104 valence electrons. The van der Waals surface area contributed by atoms with E-state index in [4.69, 9.17) is 10.2 Å². The van der Waals surface area contributed by atoms with Gasteiger partial charge in [0, 0.05) is 12.6 Å². The minimum absolute atomic E-state index is 0.0943. The molecule has 0 aromatic heterocycles. The smallest absolute Gasteiger partial charge is 0.255 e. The van der Waals surface area contributed by atoms with Crippen molar-refractivity contribution in [3.8, 4) is 17.2 Å². The van der Waals surface area contributed by atoms with Crippen molar-refractivity contribution in [1.82, 2.24) is 5.32 Å². The van der Waals surface area contributed by atoms with Crippen LogP contribution in [-0.2, 0) is 6.42 Å². The van der Waals surface area contributed by atoms with Crippen molar-refractivity contribution in [2.45, 2.75) is 6.42 Å². The average molecular weight is 273 g/mol. The van der Waals surface area contributed by atoms with Crippen molar-refractivity contribution in [3.63, 3.8) is 0 Å². The summed E-state index contributed by atoms with van der Waals surface area (Å²) in [5, 5.41) is 30.5. The van der Waals surface area contributed by atoms with Gasteiger partial charge in [-0.2, -0.15) is 0 Å². The Labute approximate surface area is 116 Å². The first-order valence-electron chi connectivity index (χ1n) is 6.14. The Hall–Kier alpha value is -2.69. The number of carbonyl (C=O) groups is 1. The first-order valence-corrected chi connectivity index (χ1v) is 6.14. The van der Waals surface area contributed by atoms with Crippen molar-refractivity contribution in [3.05, 3.63) is 53.6 Å². The Morgan fingerprint density at radius 1 is 0.950 bits per heavy atom. The molecule has 0 aliphatic carbocycles. The Morgan fingerprint density at radius 2 is 1.60 bits per heavy atom. The third kappa shape index (κ3) is 3.41. The minimum atomic E-state index is -0.402. The van der Waals surface area contributed by atoms with Gasteiger partial charge in [0.05, 0.1) is 5.56 Å². The molecule has 0 bridgehead atoms. The lowest BCUT2D eigenvalue weighted by molar-refractivity contribution is 0.0951. The largest absolute Gasteiger partial charge is 0.508 e. The zero-order valence-electron chi connectivity index (χ0n) is 10.7. The van der Waals surface area contributed by atoms with Crippen LogP contribution in [0.4, 0.5) is 0 Å².